The van der Waals surface area contributed by atoms with Gasteiger partial charge in [-0.05, 0) is 65.3 Å². The maximum absolute atomic E-state index is 2.32. The number of hydrogen-bond donors (Lipinski definition) is 0. The molecular weight excluding hydrogens is 485 g/mol. The summed E-state index contributed by atoms with van der Waals surface area (Å²) in [6.45, 7) is 0. The quantitative estimate of drug-likeness (QED) is 0.212. The molecule has 0 saturated carbocycles. The minimum absolute atomic E-state index is 1.20. The number of rotatable bonds is 5. The summed E-state index contributed by atoms with van der Waals surface area (Å²) in [4.78, 5) is 5.05. The van der Waals surface area contributed by atoms with Crippen molar-refractivity contribution in [2.45, 2.75) is 0 Å². The van der Waals surface area contributed by atoms with E-state index in [1.54, 1.807) is 0 Å². The van der Waals surface area contributed by atoms with Gasteiger partial charge in [-0.3, -0.25) is 0 Å². The van der Waals surface area contributed by atoms with Crippen molar-refractivity contribution in [1.29, 1.82) is 0 Å². The third-order valence-electron chi connectivity index (χ3n) is 6.20. The second-order valence-corrected chi connectivity index (χ2v) is 11.0. The summed E-state index contributed by atoms with van der Waals surface area (Å²) in [5.41, 5.74) is 7.36. The molecule has 4 aromatic carbocycles. The van der Waals surface area contributed by atoms with E-state index in [2.05, 4.69) is 152 Å². The molecule has 0 saturated heterocycles. The molecule has 2 heterocycles. The molecule has 6 rings (SSSR count). The molecule has 0 N–H and O–H groups in total. The van der Waals surface area contributed by atoms with Gasteiger partial charge in [-0.25, -0.2) is 0 Å². The second-order valence-electron chi connectivity index (χ2n) is 8.85. The molecular formula is C35H25S2+. The summed E-state index contributed by atoms with van der Waals surface area (Å²) in [6.07, 6.45) is 6.94. The normalized spacial score (nSPS) is 13.0. The van der Waals surface area contributed by atoms with Crippen molar-refractivity contribution in [3.8, 4) is 20.9 Å². The molecule has 0 bridgehead atoms. The van der Waals surface area contributed by atoms with Crippen LogP contribution in [0.1, 0.15) is 16.7 Å². The molecule has 0 unspecified atom stereocenters. The van der Waals surface area contributed by atoms with Gasteiger partial charge in [0, 0.05) is 45.2 Å². The van der Waals surface area contributed by atoms with Gasteiger partial charge in [0.15, 0.2) is 0 Å². The van der Waals surface area contributed by atoms with Gasteiger partial charge in [-0.2, -0.15) is 0 Å². The molecule has 176 valence electrons. The van der Waals surface area contributed by atoms with Crippen molar-refractivity contribution in [1.82, 2.24) is 0 Å². The van der Waals surface area contributed by atoms with Crippen LogP contribution >= 0.6 is 23.1 Å². The molecule has 1 aliphatic rings. The maximum atomic E-state index is 2.32. The van der Waals surface area contributed by atoms with E-state index in [4.69, 9.17) is 0 Å². The van der Waals surface area contributed by atoms with Crippen molar-refractivity contribution in [3.05, 3.63) is 168 Å². The van der Waals surface area contributed by atoms with Crippen LogP contribution in [-0.4, -0.2) is 0 Å². The minimum Gasteiger partial charge on any atom is -0.0888 e. The lowest BCUT2D eigenvalue weighted by Gasteiger charge is -2.17. The number of allylic oxidation sites excluding steroid dienone is 3. The van der Waals surface area contributed by atoms with Crippen LogP contribution < -0.4 is 0 Å². The first-order chi connectivity index (χ1) is 18.3. The Morgan fingerprint density at radius 1 is 0.541 bits per heavy atom. The molecule has 0 nitrogen and oxygen atoms in total. The summed E-state index contributed by atoms with van der Waals surface area (Å²) in [7, 11) is 0. The lowest BCUT2D eigenvalue weighted by Crippen LogP contribution is -1.91. The predicted molar refractivity (Wildman–Crippen MR) is 164 cm³/mol. The summed E-state index contributed by atoms with van der Waals surface area (Å²) >= 11 is 3.67. The Morgan fingerprint density at radius 3 is 1.57 bits per heavy atom. The van der Waals surface area contributed by atoms with Crippen molar-refractivity contribution in [3.63, 3.8) is 0 Å². The first kappa shape index (κ1) is 23.4. The lowest BCUT2D eigenvalue weighted by atomic mass is 10.0. The van der Waals surface area contributed by atoms with Crippen LogP contribution in [0.2, 0.25) is 0 Å². The zero-order valence-corrected chi connectivity index (χ0v) is 21.9. The largest absolute Gasteiger partial charge is 0.114 e. The summed E-state index contributed by atoms with van der Waals surface area (Å²) in [5, 5.41) is 0. The summed E-state index contributed by atoms with van der Waals surface area (Å²) in [5.74, 6) is 0. The van der Waals surface area contributed by atoms with E-state index in [0.29, 0.717) is 0 Å². The minimum atomic E-state index is 1.20. The van der Waals surface area contributed by atoms with Crippen LogP contribution in [0.3, 0.4) is 0 Å². The lowest BCUT2D eigenvalue weighted by molar-refractivity contribution is 1.61. The van der Waals surface area contributed by atoms with E-state index >= 15 is 0 Å². The molecule has 0 amide bonds. The average molecular weight is 510 g/mol. The zero-order valence-electron chi connectivity index (χ0n) is 20.3. The van der Waals surface area contributed by atoms with E-state index in [0.717, 1.165) is 0 Å². The zero-order chi connectivity index (χ0) is 24.9. The molecule has 0 fully saturated rings. The van der Waals surface area contributed by atoms with Crippen molar-refractivity contribution < 1.29 is 0 Å². The highest BCUT2D eigenvalue weighted by molar-refractivity contribution is 8.16. The molecule has 1 aromatic heterocycles. The van der Waals surface area contributed by atoms with Crippen LogP contribution in [0.5, 0.6) is 0 Å². The molecule has 0 atom stereocenters. The van der Waals surface area contributed by atoms with Crippen molar-refractivity contribution in [2.24, 2.45) is 0 Å². The first-order valence-electron chi connectivity index (χ1n) is 12.3. The van der Waals surface area contributed by atoms with Crippen LogP contribution in [0.15, 0.2) is 151 Å². The number of hydrogen-bond acceptors (Lipinski definition) is 2. The van der Waals surface area contributed by atoms with Crippen LogP contribution in [-0.2, 0) is 0 Å². The Hall–Kier alpha value is -3.98. The van der Waals surface area contributed by atoms with Crippen molar-refractivity contribution in [2.75, 3.05) is 0 Å². The Balaban J connectivity index is 1.49. The fourth-order valence-electron chi connectivity index (χ4n) is 4.38. The van der Waals surface area contributed by atoms with Crippen LogP contribution in [0, 0.1) is 0 Å². The van der Waals surface area contributed by atoms with Gasteiger partial charge in [0.05, 0.1) is 10.4 Å². The Labute approximate surface area is 227 Å². The molecule has 2 heteroatoms. The smallest absolute Gasteiger partial charge is 0.0888 e. The SMILES string of the molecule is C(=C1C=C(c2ccccc2)SC(c2ccccc2)=C1)c1cc(-c2ccccc2)s[c+](-c2ccccc2)c1. The van der Waals surface area contributed by atoms with Gasteiger partial charge in [-0.1, -0.05) is 102 Å². The van der Waals surface area contributed by atoms with Gasteiger partial charge in [0.2, 0.25) is 0 Å². The molecule has 1 aliphatic heterocycles. The van der Waals surface area contributed by atoms with Crippen molar-refractivity contribution >= 4 is 39.0 Å². The standard InChI is InChI=1S/C35H25S2/c1-5-13-28(14-6-1)32-22-26(23-33(36-32)29-15-7-2-8-16-29)21-27-24-34(30-17-9-3-10-18-30)37-35(25-27)31-19-11-4-12-20-31/h1-25H/q+1. The predicted octanol–water partition coefficient (Wildman–Crippen LogP) is 10.6. The number of thioether (sulfide) groups is 1. The first-order valence-corrected chi connectivity index (χ1v) is 14.0. The highest BCUT2D eigenvalue weighted by Gasteiger charge is 2.16. The van der Waals surface area contributed by atoms with E-state index in [-0.39, 0.29) is 0 Å². The van der Waals surface area contributed by atoms with Crippen LogP contribution in [0.4, 0.5) is 0 Å². The average Bonchev–Trinajstić information content (AvgIpc) is 2.99. The van der Waals surface area contributed by atoms with E-state index in [9.17, 15) is 0 Å². The third kappa shape index (κ3) is 5.56. The fraction of sp³-hybridized carbons (Fsp3) is 0. The third-order valence-corrected chi connectivity index (χ3v) is 8.49. The van der Waals surface area contributed by atoms with Gasteiger partial charge < -0.3 is 0 Å². The molecule has 0 spiro atoms. The van der Waals surface area contributed by atoms with Crippen LogP contribution in [0.25, 0.3) is 36.8 Å². The van der Waals surface area contributed by atoms with Gasteiger partial charge >= 0.3 is 0 Å². The maximum Gasteiger partial charge on any atom is 0.114 e. The highest BCUT2D eigenvalue weighted by atomic mass is 32.2. The molecule has 0 aliphatic carbocycles. The molecule has 5 aromatic rings. The van der Waals surface area contributed by atoms with E-state index < -0.39 is 0 Å². The Bertz CT molecular complexity index is 1480. The van der Waals surface area contributed by atoms with E-state index in [1.165, 1.54) is 53.0 Å². The Morgan fingerprint density at radius 2 is 1.03 bits per heavy atom. The topological polar surface area (TPSA) is 0 Å². The van der Waals surface area contributed by atoms with Gasteiger partial charge in [-0.15, -0.1) is 0 Å². The fourth-order valence-corrected chi connectivity index (χ4v) is 6.65. The summed E-state index contributed by atoms with van der Waals surface area (Å²) < 4.78 is 0. The second kappa shape index (κ2) is 11.0. The van der Waals surface area contributed by atoms with Gasteiger partial charge in [0.1, 0.15) is 4.88 Å². The number of benzene rings is 4. The van der Waals surface area contributed by atoms with E-state index in [1.807, 2.05) is 23.1 Å². The summed E-state index contributed by atoms with van der Waals surface area (Å²) in [6, 6.07) is 47.3. The molecule has 37 heavy (non-hydrogen) atoms. The highest BCUT2D eigenvalue weighted by Crippen LogP contribution is 2.44. The molecule has 0 radical (unpaired) electrons. The van der Waals surface area contributed by atoms with Gasteiger partial charge in [0.25, 0.3) is 0 Å². The Kier molecular flexibility index (Phi) is 6.94. The monoisotopic (exact) mass is 509 g/mol.